The SMILES string of the molecule is CN=C(NCc1ccc(CN2CCN(C)CC2)cc1)NC(C)c1ccccc1. The van der Waals surface area contributed by atoms with Crippen molar-refractivity contribution in [1.82, 2.24) is 20.4 Å². The number of benzene rings is 2. The number of rotatable bonds is 6. The van der Waals surface area contributed by atoms with Crippen LogP contribution in [0.4, 0.5) is 0 Å². The molecule has 1 aliphatic rings. The molecule has 0 aliphatic carbocycles. The first-order valence-corrected chi connectivity index (χ1v) is 10.1. The van der Waals surface area contributed by atoms with Gasteiger partial charge in [0.2, 0.25) is 0 Å². The molecule has 2 aromatic rings. The Morgan fingerprint density at radius 2 is 1.61 bits per heavy atom. The van der Waals surface area contributed by atoms with Gasteiger partial charge in [-0.05, 0) is 30.7 Å². The standard InChI is InChI=1S/C23H33N5/c1-19(22-7-5-4-6-8-22)26-23(24-2)25-17-20-9-11-21(12-10-20)18-28-15-13-27(3)14-16-28/h4-12,19H,13-18H2,1-3H3,(H2,24,25,26). The summed E-state index contributed by atoms with van der Waals surface area (Å²) in [5.74, 6) is 0.817. The Labute approximate surface area is 169 Å². The molecule has 0 radical (unpaired) electrons. The van der Waals surface area contributed by atoms with Gasteiger partial charge in [0.1, 0.15) is 0 Å². The summed E-state index contributed by atoms with van der Waals surface area (Å²) in [4.78, 5) is 9.28. The van der Waals surface area contributed by atoms with Crippen molar-refractivity contribution in [2.45, 2.75) is 26.1 Å². The van der Waals surface area contributed by atoms with Gasteiger partial charge in [-0.2, -0.15) is 0 Å². The third-order valence-electron chi connectivity index (χ3n) is 5.36. The van der Waals surface area contributed by atoms with Gasteiger partial charge in [0.05, 0.1) is 6.04 Å². The molecular weight excluding hydrogens is 346 g/mol. The molecule has 1 aliphatic heterocycles. The van der Waals surface area contributed by atoms with Gasteiger partial charge in [-0.3, -0.25) is 9.89 Å². The van der Waals surface area contributed by atoms with E-state index in [9.17, 15) is 0 Å². The second kappa shape index (κ2) is 10.2. The van der Waals surface area contributed by atoms with Crippen molar-refractivity contribution in [1.29, 1.82) is 0 Å². The Hall–Kier alpha value is -2.37. The van der Waals surface area contributed by atoms with Gasteiger partial charge < -0.3 is 15.5 Å². The van der Waals surface area contributed by atoms with Crippen molar-refractivity contribution in [2.75, 3.05) is 40.3 Å². The molecule has 0 aromatic heterocycles. The van der Waals surface area contributed by atoms with Crippen LogP contribution < -0.4 is 10.6 Å². The maximum absolute atomic E-state index is 4.35. The molecule has 2 N–H and O–H groups in total. The molecule has 0 amide bonds. The number of nitrogens with zero attached hydrogens (tertiary/aromatic N) is 3. The number of likely N-dealkylation sites (N-methyl/N-ethyl adjacent to an activating group) is 1. The highest BCUT2D eigenvalue weighted by atomic mass is 15.2. The first-order valence-electron chi connectivity index (χ1n) is 10.1. The molecule has 1 atom stereocenters. The van der Waals surface area contributed by atoms with Crippen molar-refractivity contribution in [3.05, 3.63) is 71.3 Å². The highest BCUT2D eigenvalue weighted by Crippen LogP contribution is 2.12. The van der Waals surface area contributed by atoms with Crippen LogP contribution in [0.1, 0.15) is 29.7 Å². The van der Waals surface area contributed by atoms with E-state index >= 15 is 0 Å². The minimum absolute atomic E-state index is 0.207. The maximum Gasteiger partial charge on any atom is 0.191 e. The van der Waals surface area contributed by atoms with Gasteiger partial charge in [0.15, 0.2) is 5.96 Å². The third-order valence-corrected chi connectivity index (χ3v) is 5.36. The second-order valence-electron chi connectivity index (χ2n) is 7.60. The molecule has 1 heterocycles. The topological polar surface area (TPSA) is 42.9 Å². The molecular formula is C23H33N5. The lowest BCUT2D eigenvalue weighted by Crippen LogP contribution is -2.43. The fourth-order valence-corrected chi connectivity index (χ4v) is 3.44. The van der Waals surface area contributed by atoms with E-state index in [-0.39, 0.29) is 6.04 Å². The van der Waals surface area contributed by atoms with E-state index in [1.807, 2.05) is 13.1 Å². The average Bonchev–Trinajstić information content (AvgIpc) is 2.74. The highest BCUT2D eigenvalue weighted by molar-refractivity contribution is 5.80. The predicted octanol–water partition coefficient (Wildman–Crippen LogP) is 2.86. The third kappa shape index (κ3) is 6.08. The lowest BCUT2D eigenvalue weighted by molar-refractivity contribution is 0.148. The zero-order chi connectivity index (χ0) is 19.8. The van der Waals surface area contributed by atoms with Gasteiger partial charge in [-0.25, -0.2) is 0 Å². The predicted molar refractivity (Wildman–Crippen MR) is 117 cm³/mol. The molecule has 0 saturated carbocycles. The van der Waals surface area contributed by atoms with Crippen LogP contribution in [0.25, 0.3) is 0 Å². The molecule has 5 nitrogen and oxygen atoms in total. The fraction of sp³-hybridized carbons (Fsp3) is 0.435. The molecule has 5 heteroatoms. The van der Waals surface area contributed by atoms with Gasteiger partial charge in [0, 0.05) is 46.3 Å². The summed E-state index contributed by atoms with van der Waals surface area (Å²) in [7, 11) is 4.01. The summed E-state index contributed by atoms with van der Waals surface area (Å²) in [5.41, 5.74) is 3.89. The second-order valence-corrected chi connectivity index (χ2v) is 7.60. The highest BCUT2D eigenvalue weighted by Gasteiger charge is 2.13. The Kier molecular flexibility index (Phi) is 7.46. The molecule has 28 heavy (non-hydrogen) atoms. The largest absolute Gasteiger partial charge is 0.352 e. The number of guanidine groups is 1. The van der Waals surface area contributed by atoms with Gasteiger partial charge in [0.25, 0.3) is 0 Å². The first kappa shape index (κ1) is 20.4. The van der Waals surface area contributed by atoms with E-state index in [1.165, 1.54) is 16.7 Å². The van der Waals surface area contributed by atoms with Crippen LogP contribution in [0.15, 0.2) is 59.6 Å². The van der Waals surface area contributed by atoms with Crippen molar-refractivity contribution in [2.24, 2.45) is 4.99 Å². The summed E-state index contributed by atoms with van der Waals surface area (Å²) in [6.45, 7) is 8.58. The molecule has 1 saturated heterocycles. The quantitative estimate of drug-likeness (QED) is 0.598. The first-order chi connectivity index (χ1) is 13.6. The van der Waals surface area contributed by atoms with Crippen LogP contribution in [0.2, 0.25) is 0 Å². The Morgan fingerprint density at radius 3 is 2.25 bits per heavy atom. The number of hydrogen-bond donors (Lipinski definition) is 2. The maximum atomic E-state index is 4.35. The van der Waals surface area contributed by atoms with Crippen LogP contribution in [-0.2, 0) is 13.1 Å². The molecule has 3 rings (SSSR count). The molecule has 0 bridgehead atoms. The fourth-order valence-electron chi connectivity index (χ4n) is 3.44. The van der Waals surface area contributed by atoms with Crippen LogP contribution in [0.5, 0.6) is 0 Å². The Balaban J connectivity index is 1.47. The van der Waals surface area contributed by atoms with Crippen LogP contribution in [0, 0.1) is 0 Å². The van der Waals surface area contributed by atoms with E-state index in [0.29, 0.717) is 0 Å². The monoisotopic (exact) mass is 379 g/mol. The van der Waals surface area contributed by atoms with Crippen LogP contribution in [0.3, 0.4) is 0 Å². The minimum Gasteiger partial charge on any atom is -0.352 e. The Morgan fingerprint density at radius 1 is 0.964 bits per heavy atom. The van der Waals surface area contributed by atoms with Crippen molar-refractivity contribution < 1.29 is 0 Å². The average molecular weight is 380 g/mol. The zero-order valence-corrected chi connectivity index (χ0v) is 17.4. The normalized spacial score (nSPS) is 17.3. The van der Waals surface area contributed by atoms with Crippen molar-refractivity contribution in [3.63, 3.8) is 0 Å². The molecule has 2 aromatic carbocycles. The summed E-state index contributed by atoms with van der Waals surface area (Å²) in [6.07, 6.45) is 0. The van der Waals surface area contributed by atoms with Gasteiger partial charge in [-0.15, -0.1) is 0 Å². The molecule has 1 unspecified atom stereocenters. The van der Waals surface area contributed by atoms with Crippen LogP contribution in [-0.4, -0.2) is 56.0 Å². The summed E-state index contributed by atoms with van der Waals surface area (Å²) in [6, 6.07) is 19.6. The molecule has 1 fully saturated rings. The minimum atomic E-state index is 0.207. The van der Waals surface area contributed by atoms with E-state index in [0.717, 1.165) is 45.2 Å². The molecule has 150 valence electrons. The lowest BCUT2D eigenvalue weighted by atomic mass is 10.1. The number of piperazine rings is 1. The van der Waals surface area contributed by atoms with E-state index in [1.54, 1.807) is 0 Å². The smallest absolute Gasteiger partial charge is 0.191 e. The number of hydrogen-bond acceptors (Lipinski definition) is 3. The van der Waals surface area contributed by atoms with E-state index in [4.69, 9.17) is 0 Å². The van der Waals surface area contributed by atoms with E-state index < -0.39 is 0 Å². The van der Waals surface area contributed by atoms with Crippen LogP contribution >= 0.6 is 0 Å². The molecule has 0 spiro atoms. The Bertz CT molecular complexity index is 733. The number of nitrogens with one attached hydrogen (secondary N) is 2. The zero-order valence-electron chi connectivity index (χ0n) is 17.4. The van der Waals surface area contributed by atoms with Gasteiger partial charge >= 0.3 is 0 Å². The lowest BCUT2D eigenvalue weighted by Gasteiger charge is -2.32. The summed E-state index contributed by atoms with van der Waals surface area (Å²) < 4.78 is 0. The van der Waals surface area contributed by atoms with E-state index in [2.05, 4.69) is 87.9 Å². The van der Waals surface area contributed by atoms with Crippen molar-refractivity contribution >= 4 is 5.96 Å². The van der Waals surface area contributed by atoms with Gasteiger partial charge in [-0.1, -0.05) is 54.6 Å². The number of aliphatic imine (C=N–C) groups is 1. The summed E-state index contributed by atoms with van der Waals surface area (Å²) in [5, 5.41) is 6.87. The summed E-state index contributed by atoms with van der Waals surface area (Å²) >= 11 is 0. The van der Waals surface area contributed by atoms with Crippen molar-refractivity contribution in [3.8, 4) is 0 Å².